The van der Waals surface area contributed by atoms with Crippen LogP contribution in [0.2, 0.25) is 10.0 Å². The van der Waals surface area contributed by atoms with Gasteiger partial charge in [-0.05, 0) is 12.1 Å². The summed E-state index contributed by atoms with van der Waals surface area (Å²) in [6, 6.07) is 3.13. The molecule has 2 aromatic rings. The van der Waals surface area contributed by atoms with Crippen LogP contribution in [0.5, 0.6) is 0 Å². The number of anilines is 1. The molecule has 0 saturated heterocycles. The molecule has 0 unspecified atom stereocenters. The summed E-state index contributed by atoms with van der Waals surface area (Å²) in [4.78, 5) is 9.52. The Morgan fingerprint density at radius 2 is 1.83 bits per heavy atom. The number of hydrogen-bond acceptors (Lipinski definition) is 3. The highest BCUT2D eigenvalue weighted by atomic mass is 35.5. The van der Waals surface area contributed by atoms with E-state index in [1.807, 2.05) is 14.1 Å². The van der Waals surface area contributed by atoms with Gasteiger partial charge in [-0.1, -0.05) is 23.2 Å². The van der Waals surface area contributed by atoms with E-state index in [0.29, 0.717) is 21.4 Å². The summed E-state index contributed by atoms with van der Waals surface area (Å²) in [5, 5.41) is 0.802. The predicted octanol–water partition coefficient (Wildman–Crippen LogP) is 3.66. The molecule has 0 aliphatic heterocycles. The maximum atomic E-state index is 13.6. The van der Waals surface area contributed by atoms with Gasteiger partial charge in [0.15, 0.2) is 0 Å². The molecule has 6 heteroatoms. The summed E-state index contributed by atoms with van der Waals surface area (Å²) in [6.07, 6.45) is 2.79. The predicted molar refractivity (Wildman–Crippen MR) is 71.8 cm³/mol. The number of halogens is 3. The van der Waals surface area contributed by atoms with Crippen LogP contribution in [-0.2, 0) is 0 Å². The van der Waals surface area contributed by atoms with Crippen LogP contribution in [0.15, 0.2) is 24.5 Å². The van der Waals surface area contributed by atoms with Gasteiger partial charge in [0.05, 0.1) is 10.0 Å². The average Bonchev–Trinajstić information content (AvgIpc) is 2.31. The highest BCUT2D eigenvalue weighted by molar-refractivity contribution is 6.33. The zero-order chi connectivity index (χ0) is 13.3. The Morgan fingerprint density at radius 3 is 2.44 bits per heavy atom. The molecule has 0 spiro atoms. The van der Waals surface area contributed by atoms with Gasteiger partial charge >= 0.3 is 0 Å². The molecule has 0 aliphatic rings. The molecule has 0 aromatic carbocycles. The van der Waals surface area contributed by atoms with E-state index in [9.17, 15) is 4.39 Å². The van der Waals surface area contributed by atoms with Crippen molar-refractivity contribution in [2.75, 3.05) is 19.0 Å². The van der Waals surface area contributed by atoms with Crippen LogP contribution in [-0.4, -0.2) is 24.1 Å². The largest absolute Gasteiger partial charge is 0.362 e. The van der Waals surface area contributed by atoms with Gasteiger partial charge in [-0.2, -0.15) is 4.39 Å². The minimum Gasteiger partial charge on any atom is -0.362 e. The van der Waals surface area contributed by atoms with E-state index in [1.54, 1.807) is 11.0 Å². The lowest BCUT2D eigenvalue weighted by Gasteiger charge is -2.13. The van der Waals surface area contributed by atoms with Gasteiger partial charge < -0.3 is 4.90 Å². The Kier molecular flexibility index (Phi) is 3.68. The first-order chi connectivity index (χ1) is 8.49. The zero-order valence-corrected chi connectivity index (χ0v) is 11.3. The quantitative estimate of drug-likeness (QED) is 0.789. The summed E-state index contributed by atoms with van der Waals surface area (Å²) >= 11 is 11.9. The van der Waals surface area contributed by atoms with Gasteiger partial charge in [0.1, 0.15) is 5.82 Å². The number of aromatic nitrogens is 2. The lowest BCUT2D eigenvalue weighted by Crippen LogP contribution is -2.11. The van der Waals surface area contributed by atoms with E-state index in [4.69, 9.17) is 23.2 Å². The molecule has 2 rings (SSSR count). The van der Waals surface area contributed by atoms with Gasteiger partial charge in [0.25, 0.3) is 0 Å². The standard InChI is InChI=1S/C12H10Cl2FN3/c1-18(2)12-10(14)3-7(5-17-12)9-4-8(13)6-16-11(9)15/h3-6H,1-2H3. The SMILES string of the molecule is CN(C)c1ncc(-c2cc(Cl)cnc2F)cc1Cl. The van der Waals surface area contributed by atoms with Crippen molar-refractivity contribution in [3.63, 3.8) is 0 Å². The van der Waals surface area contributed by atoms with Gasteiger partial charge in [0, 0.05) is 37.6 Å². The first-order valence-electron chi connectivity index (χ1n) is 5.13. The van der Waals surface area contributed by atoms with Gasteiger partial charge in [-0.25, -0.2) is 9.97 Å². The minimum absolute atomic E-state index is 0.280. The van der Waals surface area contributed by atoms with E-state index in [1.165, 1.54) is 18.5 Å². The van der Waals surface area contributed by atoms with Gasteiger partial charge in [0.2, 0.25) is 5.95 Å². The fourth-order valence-corrected chi connectivity index (χ4v) is 2.03. The topological polar surface area (TPSA) is 29.0 Å². The Bertz CT molecular complexity index is 588. The normalized spacial score (nSPS) is 10.5. The average molecular weight is 286 g/mol. The molecule has 2 heterocycles. The van der Waals surface area contributed by atoms with Crippen LogP contribution in [0.25, 0.3) is 11.1 Å². The maximum absolute atomic E-state index is 13.6. The van der Waals surface area contributed by atoms with Crippen LogP contribution in [0.4, 0.5) is 10.2 Å². The zero-order valence-electron chi connectivity index (χ0n) is 9.78. The van der Waals surface area contributed by atoms with Gasteiger partial charge in [-0.15, -0.1) is 0 Å². The summed E-state index contributed by atoms with van der Waals surface area (Å²) in [6.45, 7) is 0. The van der Waals surface area contributed by atoms with Crippen molar-refractivity contribution in [2.24, 2.45) is 0 Å². The molecule has 3 nitrogen and oxygen atoms in total. The molecule has 0 saturated carbocycles. The summed E-state index contributed by atoms with van der Waals surface area (Å²) < 4.78 is 13.6. The Labute approximate surface area is 114 Å². The molecule has 0 aliphatic carbocycles. The summed E-state index contributed by atoms with van der Waals surface area (Å²) in [5.41, 5.74) is 0.820. The third-order valence-corrected chi connectivity index (χ3v) is 2.85. The van der Waals surface area contributed by atoms with Crippen molar-refractivity contribution in [1.82, 2.24) is 9.97 Å². The second-order valence-corrected chi connectivity index (χ2v) is 4.76. The fraction of sp³-hybridized carbons (Fsp3) is 0.167. The second-order valence-electron chi connectivity index (χ2n) is 3.92. The number of nitrogens with zero attached hydrogens (tertiary/aromatic N) is 3. The number of hydrogen-bond donors (Lipinski definition) is 0. The van der Waals surface area contributed by atoms with E-state index >= 15 is 0 Å². The Morgan fingerprint density at radius 1 is 1.11 bits per heavy atom. The lowest BCUT2D eigenvalue weighted by molar-refractivity contribution is 0.587. The molecule has 94 valence electrons. The molecule has 0 amide bonds. The van der Waals surface area contributed by atoms with E-state index in [-0.39, 0.29) is 5.56 Å². The number of pyridine rings is 2. The van der Waals surface area contributed by atoms with Crippen LogP contribution in [0, 0.1) is 5.95 Å². The molecule has 0 N–H and O–H groups in total. The summed E-state index contributed by atoms with van der Waals surface area (Å²) in [7, 11) is 3.66. The molecule has 0 atom stereocenters. The number of rotatable bonds is 2. The molecular formula is C12H10Cl2FN3. The van der Waals surface area contributed by atoms with Gasteiger partial charge in [-0.3, -0.25) is 0 Å². The van der Waals surface area contributed by atoms with Crippen LogP contribution in [0.3, 0.4) is 0 Å². The second kappa shape index (κ2) is 5.08. The van der Waals surface area contributed by atoms with Crippen molar-refractivity contribution in [2.45, 2.75) is 0 Å². The molecule has 18 heavy (non-hydrogen) atoms. The third-order valence-electron chi connectivity index (χ3n) is 2.36. The minimum atomic E-state index is -0.602. The van der Waals surface area contributed by atoms with Crippen molar-refractivity contribution in [3.05, 3.63) is 40.5 Å². The molecular weight excluding hydrogens is 276 g/mol. The smallest absolute Gasteiger partial charge is 0.220 e. The van der Waals surface area contributed by atoms with Crippen LogP contribution in [0.1, 0.15) is 0 Å². The van der Waals surface area contributed by atoms with E-state index in [2.05, 4.69) is 9.97 Å². The Balaban J connectivity index is 2.52. The highest BCUT2D eigenvalue weighted by Gasteiger charge is 2.11. The Hall–Kier alpha value is -1.39. The fourth-order valence-electron chi connectivity index (χ4n) is 1.53. The molecule has 0 bridgehead atoms. The van der Waals surface area contributed by atoms with Crippen molar-refractivity contribution in [3.8, 4) is 11.1 Å². The van der Waals surface area contributed by atoms with E-state index in [0.717, 1.165) is 0 Å². The van der Waals surface area contributed by atoms with Crippen molar-refractivity contribution < 1.29 is 4.39 Å². The van der Waals surface area contributed by atoms with Crippen LogP contribution < -0.4 is 4.90 Å². The maximum Gasteiger partial charge on any atom is 0.220 e. The first-order valence-corrected chi connectivity index (χ1v) is 5.89. The monoisotopic (exact) mass is 285 g/mol. The summed E-state index contributed by atoms with van der Waals surface area (Å²) in [5.74, 6) is 0.0191. The first kappa shape index (κ1) is 13.1. The van der Waals surface area contributed by atoms with Crippen molar-refractivity contribution in [1.29, 1.82) is 0 Å². The van der Waals surface area contributed by atoms with Crippen LogP contribution >= 0.6 is 23.2 Å². The van der Waals surface area contributed by atoms with E-state index < -0.39 is 5.95 Å². The third kappa shape index (κ3) is 2.54. The highest BCUT2D eigenvalue weighted by Crippen LogP contribution is 2.29. The lowest BCUT2D eigenvalue weighted by atomic mass is 10.1. The molecule has 0 fully saturated rings. The van der Waals surface area contributed by atoms with Crippen molar-refractivity contribution >= 4 is 29.0 Å². The molecule has 0 radical (unpaired) electrons. The molecule has 2 aromatic heterocycles.